The Morgan fingerprint density at radius 3 is 2.32 bits per heavy atom. The van der Waals surface area contributed by atoms with Gasteiger partial charge in [0.05, 0.1) is 18.4 Å². The molecule has 0 aliphatic heterocycles. The highest BCUT2D eigenvalue weighted by molar-refractivity contribution is 6.01. The van der Waals surface area contributed by atoms with E-state index in [1.807, 2.05) is 0 Å². The fourth-order valence-electron chi connectivity index (χ4n) is 2.36. The number of ether oxygens (including phenoxy) is 1. The summed E-state index contributed by atoms with van der Waals surface area (Å²) in [7, 11) is 1.50. The van der Waals surface area contributed by atoms with Crippen molar-refractivity contribution < 1.29 is 18.7 Å². The molecule has 2 amide bonds. The summed E-state index contributed by atoms with van der Waals surface area (Å²) in [6.07, 6.45) is 0. The quantitative estimate of drug-likeness (QED) is 0.845. The van der Waals surface area contributed by atoms with Crippen molar-refractivity contribution in [2.24, 2.45) is 5.92 Å². The van der Waals surface area contributed by atoms with Crippen LogP contribution in [0.4, 0.5) is 10.1 Å². The molecule has 0 aromatic heterocycles. The number of anilines is 1. The monoisotopic (exact) mass is 344 g/mol. The Kier molecular flexibility index (Phi) is 6.11. The molecule has 0 radical (unpaired) electrons. The highest BCUT2D eigenvalue weighted by atomic mass is 19.1. The maximum atomic E-state index is 13.8. The van der Waals surface area contributed by atoms with Crippen LogP contribution in [0.5, 0.6) is 5.75 Å². The highest BCUT2D eigenvalue weighted by Crippen LogP contribution is 2.23. The van der Waals surface area contributed by atoms with E-state index in [2.05, 4.69) is 10.6 Å². The Balaban J connectivity index is 2.16. The zero-order valence-corrected chi connectivity index (χ0v) is 14.4. The minimum absolute atomic E-state index is 0.0989. The molecule has 0 heterocycles. The fraction of sp³-hybridized carbons (Fsp3) is 0.263. The number of carbonyl (C=O) groups is 2. The third-order valence-corrected chi connectivity index (χ3v) is 3.72. The molecule has 0 unspecified atom stereocenters. The number of hydrogen-bond donors (Lipinski definition) is 2. The minimum Gasteiger partial charge on any atom is -0.495 e. The Morgan fingerprint density at radius 1 is 1.04 bits per heavy atom. The second-order valence-corrected chi connectivity index (χ2v) is 5.86. The van der Waals surface area contributed by atoms with E-state index in [1.165, 1.54) is 25.3 Å². The van der Waals surface area contributed by atoms with Gasteiger partial charge in [-0.3, -0.25) is 9.59 Å². The summed E-state index contributed by atoms with van der Waals surface area (Å²) in [4.78, 5) is 24.9. The number of carbonyl (C=O) groups excluding carboxylic acids is 2. The van der Waals surface area contributed by atoms with E-state index < -0.39 is 23.7 Å². The number of rotatable bonds is 6. The summed E-state index contributed by atoms with van der Waals surface area (Å²) in [5.74, 6) is -1.34. The first-order valence-electron chi connectivity index (χ1n) is 7.93. The summed E-state index contributed by atoms with van der Waals surface area (Å²) in [5, 5.41) is 5.34. The third kappa shape index (κ3) is 4.56. The van der Waals surface area contributed by atoms with E-state index in [1.54, 1.807) is 44.2 Å². The van der Waals surface area contributed by atoms with Crippen LogP contribution in [0.25, 0.3) is 0 Å². The Morgan fingerprint density at radius 2 is 1.68 bits per heavy atom. The minimum atomic E-state index is -0.822. The molecule has 2 aromatic rings. The van der Waals surface area contributed by atoms with Crippen LogP contribution in [0.15, 0.2) is 48.5 Å². The van der Waals surface area contributed by atoms with Crippen molar-refractivity contribution in [2.45, 2.75) is 19.9 Å². The first-order valence-corrected chi connectivity index (χ1v) is 7.93. The number of nitrogens with one attached hydrogen (secondary N) is 2. The molecule has 1 atom stereocenters. The first-order chi connectivity index (χ1) is 11.9. The van der Waals surface area contributed by atoms with Crippen LogP contribution in [0.1, 0.15) is 24.2 Å². The molecule has 5 nitrogen and oxygen atoms in total. The van der Waals surface area contributed by atoms with Crippen LogP contribution in [-0.4, -0.2) is 25.0 Å². The predicted molar refractivity (Wildman–Crippen MR) is 94.1 cm³/mol. The molecule has 0 fully saturated rings. The Labute approximate surface area is 146 Å². The van der Waals surface area contributed by atoms with Gasteiger partial charge >= 0.3 is 0 Å². The van der Waals surface area contributed by atoms with Crippen molar-refractivity contribution >= 4 is 17.5 Å². The summed E-state index contributed by atoms with van der Waals surface area (Å²) < 4.78 is 19.0. The van der Waals surface area contributed by atoms with Gasteiger partial charge < -0.3 is 15.4 Å². The smallest absolute Gasteiger partial charge is 0.254 e. The van der Waals surface area contributed by atoms with Crippen LogP contribution in [0.2, 0.25) is 0 Å². The molecule has 25 heavy (non-hydrogen) atoms. The summed E-state index contributed by atoms with van der Waals surface area (Å²) in [5.41, 5.74) is 0.402. The fourth-order valence-corrected chi connectivity index (χ4v) is 2.36. The lowest BCUT2D eigenvalue weighted by molar-refractivity contribution is -0.118. The average molecular weight is 344 g/mol. The van der Waals surface area contributed by atoms with E-state index in [9.17, 15) is 14.0 Å². The largest absolute Gasteiger partial charge is 0.495 e. The number of amides is 2. The van der Waals surface area contributed by atoms with Gasteiger partial charge in [0, 0.05) is 0 Å². The summed E-state index contributed by atoms with van der Waals surface area (Å²) in [6, 6.07) is 11.8. The third-order valence-electron chi connectivity index (χ3n) is 3.72. The summed E-state index contributed by atoms with van der Waals surface area (Å²) in [6.45, 7) is 3.60. The van der Waals surface area contributed by atoms with Gasteiger partial charge in [0.1, 0.15) is 17.6 Å². The number of methoxy groups -OCH3 is 1. The maximum Gasteiger partial charge on any atom is 0.254 e. The number of hydrogen-bond acceptors (Lipinski definition) is 3. The topological polar surface area (TPSA) is 67.4 Å². The predicted octanol–water partition coefficient (Wildman–Crippen LogP) is 3.23. The Bertz CT molecular complexity index is 762. The Hall–Kier alpha value is -2.89. The van der Waals surface area contributed by atoms with Crippen molar-refractivity contribution in [2.75, 3.05) is 12.4 Å². The van der Waals surface area contributed by atoms with E-state index in [0.717, 1.165) is 0 Å². The molecular formula is C19H21FN2O3. The second-order valence-electron chi connectivity index (χ2n) is 5.86. The van der Waals surface area contributed by atoms with E-state index in [-0.39, 0.29) is 11.5 Å². The van der Waals surface area contributed by atoms with E-state index in [0.29, 0.717) is 11.4 Å². The van der Waals surface area contributed by atoms with Gasteiger partial charge in [-0.05, 0) is 30.2 Å². The highest BCUT2D eigenvalue weighted by Gasteiger charge is 2.26. The zero-order valence-electron chi connectivity index (χ0n) is 14.4. The van der Waals surface area contributed by atoms with Gasteiger partial charge in [-0.15, -0.1) is 0 Å². The van der Waals surface area contributed by atoms with Crippen molar-refractivity contribution in [3.63, 3.8) is 0 Å². The van der Waals surface area contributed by atoms with Crippen LogP contribution in [0, 0.1) is 11.7 Å². The van der Waals surface area contributed by atoms with Gasteiger partial charge in [-0.25, -0.2) is 4.39 Å². The molecule has 0 aliphatic carbocycles. The van der Waals surface area contributed by atoms with Crippen molar-refractivity contribution in [1.29, 1.82) is 0 Å². The number of benzene rings is 2. The molecule has 2 aromatic carbocycles. The molecule has 2 N–H and O–H groups in total. The normalized spacial score (nSPS) is 11.7. The van der Waals surface area contributed by atoms with Gasteiger partial charge in [0.15, 0.2) is 0 Å². The lowest BCUT2D eigenvalue weighted by Gasteiger charge is -2.22. The second kappa shape index (κ2) is 8.28. The van der Waals surface area contributed by atoms with E-state index in [4.69, 9.17) is 4.74 Å². The standard InChI is InChI=1S/C19H21FN2O3/c1-12(2)17(22-18(23)13-8-4-5-9-14(13)20)19(24)21-15-10-6-7-11-16(15)25-3/h4-12,17H,1-3H3,(H,21,24)(H,22,23)/t17-/m0/s1. The zero-order chi connectivity index (χ0) is 18.4. The molecular weight excluding hydrogens is 323 g/mol. The molecule has 0 spiro atoms. The molecule has 0 saturated heterocycles. The SMILES string of the molecule is COc1ccccc1NC(=O)[C@@H](NC(=O)c1ccccc1F)C(C)C. The van der Waals surface area contributed by atoms with Gasteiger partial charge in [0.2, 0.25) is 5.91 Å². The molecule has 0 aliphatic rings. The van der Waals surface area contributed by atoms with Crippen molar-refractivity contribution in [3.8, 4) is 5.75 Å². The number of para-hydroxylation sites is 2. The van der Waals surface area contributed by atoms with Gasteiger partial charge in [0.25, 0.3) is 5.91 Å². The first kappa shape index (κ1) is 18.4. The maximum absolute atomic E-state index is 13.8. The molecule has 0 saturated carbocycles. The molecule has 0 bridgehead atoms. The summed E-state index contributed by atoms with van der Waals surface area (Å²) >= 11 is 0. The molecule has 132 valence electrons. The van der Waals surface area contributed by atoms with Crippen LogP contribution in [-0.2, 0) is 4.79 Å². The average Bonchev–Trinajstić information content (AvgIpc) is 2.60. The van der Waals surface area contributed by atoms with Gasteiger partial charge in [-0.1, -0.05) is 38.1 Å². The van der Waals surface area contributed by atoms with Crippen molar-refractivity contribution in [1.82, 2.24) is 5.32 Å². The van der Waals surface area contributed by atoms with Gasteiger partial charge in [-0.2, -0.15) is 0 Å². The van der Waals surface area contributed by atoms with Crippen LogP contribution >= 0.6 is 0 Å². The van der Waals surface area contributed by atoms with Crippen LogP contribution < -0.4 is 15.4 Å². The lowest BCUT2D eigenvalue weighted by atomic mass is 10.0. The molecule has 2 rings (SSSR count). The lowest BCUT2D eigenvalue weighted by Crippen LogP contribution is -2.47. The van der Waals surface area contributed by atoms with Crippen LogP contribution in [0.3, 0.4) is 0 Å². The van der Waals surface area contributed by atoms with Crippen molar-refractivity contribution in [3.05, 3.63) is 59.9 Å². The molecule has 6 heteroatoms. The van der Waals surface area contributed by atoms with E-state index >= 15 is 0 Å². The number of halogens is 1.